The molecule has 8 rings (SSSR count). The number of phenols is 1. The lowest BCUT2D eigenvalue weighted by atomic mass is 9.58. The van der Waals surface area contributed by atoms with Crippen LogP contribution in [0.1, 0.15) is 82.8 Å². The van der Waals surface area contributed by atoms with Gasteiger partial charge in [0.25, 0.3) is 0 Å². The Morgan fingerprint density at radius 2 is 1.86 bits per heavy atom. The van der Waals surface area contributed by atoms with Crippen molar-refractivity contribution in [1.82, 2.24) is 5.32 Å². The number of β-amino-alcohol motifs (C(OH)–C–C–N with tert-alkyl or cyclic N) is 1. The molecule has 2 fully saturated rings. The summed E-state index contributed by atoms with van der Waals surface area (Å²) < 4.78 is 0. The SMILES string of the molecule is CC#Cc1ccc(-c2ccc(C(=O)[C@H]3CC[C@@H]4C[C@]35C[C@@H]([C@H](O)CO)[C@@H](C5)[C@H]3C#Cc5c(cc(O)cc5NC[C@@](C)(O)Cc5cccc(c5)C3)C[C@@H]4NC(N)=NC)s2)s1. The zero-order chi connectivity index (χ0) is 41.5. The van der Waals surface area contributed by atoms with Crippen molar-refractivity contribution in [3.05, 3.63) is 92.7 Å². The Morgan fingerprint density at radius 3 is 2.66 bits per heavy atom. The van der Waals surface area contributed by atoms with Crippen LogP contribution < -0.4 is 16.4 Å². The number of thiophene rings is 2. The molecule has 2 aromatic heterocycles. The maximum absolute atomic E-state index is 15.1. The van der Waals surface area contributed by atoms with Gasteiger partial charge in [0.1, 0.15) is 5.75 Å². The van der Waals surface area contributed by atoms with Crippen LogP contribution in [-0.2, 0) is 19.3 Å². The molecule has 0 unspecified atom stereocenters. The van der Waals surface area contributed by atoms with Gasteiger partial charge >= 0.3 is 0 Å². The fourth-order valence-electron chi connectivity index (χ4n) is 10.8. The molecule has 59 heavy (non-hydrogen) atoms. The molecule has 0 radical (unpaired) electrons. The summed E-state index contributed by atoms with van der Waals surface area (Å²) in [6.45, 7) is 3.50. The van der Waals surface area contributed by atoms with Gasteiger partial charge in [-0.2, -0.15) is 0 Å². The minimum atomic E-state index is -1.10. The zero-order valence-electron chi connectivity index (χ0n) is 33.9. The van der Waals surface area contributed by atoms with E-state index in [1.807, 2.05) is 44.2 Å². The Kier molecular flexibility index (Phi) is 11.7. The number of nitrogens with zero attached hydrogens (tertiary/aromatic N) is 1. The second kappa shape index (κ2) is 16.8. The summed E-state index contributed by atoms with van der Waals surface area (Å²) in [5, 5.41) is 52.2. The minimum absolute atomic E-state index is 0.0603. The number of carbonyl (C=O) groups excluding carboxylic acids is 1. The van der Waals surface area contributed by atoms with Crippen molar-refractivity contribution in [2.75, 3.05) is 25.5 Å². The number of phenolic OH excluding ortho intramolecular Hbond substituents is 1. The van der Waals surface area contributed by atoms with Crippen molar-refractivity contribution in [3.8, 4) is 39.2 Å². The topological polar surface area (TPSA) is 160 Å². The number of hydrogen-bond donors (Lipinski definition) is 7. The van der Waals surface area contributed by atoms with E-state index in [-0.39, 0.29) is 60.3 Å². The van der Waals surface area contributed by atoms with Gasteiger partial charge in [0.2, 0.25) is 0 Å². The van der Waals surface area contributed by atoms with Gasteiger partial charge in [-0.05, 0) is 129 Å². The molecule has 4 aromatic rings. The van der Waals surface area contributed by atoms with Crippen LogP contribution in [0.15, 0.2) is 65.7 Å². The average Bonchev–Trinajstić information content (AvgIpc) is 3.98. The Labute approximate surface area is 355 Å². The highest BCUT2D eigenvalue weighted by Gasteiger charge is 2.57. The zero-order valence-corrected chi connectivity index (χ0v) is 35.6. The van der Waals surface area contributed by atoms with Crippen molar-refractivity contribution < 1.29 is 25.2 Å². The molecule has 3 aliphatic carbocycles. The number of Topliss-reactive ketones (excluding diaryl/α,β-unsaturated/α-hetero) is 1. The number of fused-ring (bicyclic) bond motifs is 6. The summed E-state index contributed by atoms with van der Waals surface area (Å²) in [4.78, 5) is 23.2. The molecule has 0 saturated heterocycles. The molecule has 8 N–H and O–H groups in total. The lowest BCUT2D eigenvalue weighted by Crippen LogP contribution is -2.50. The third-order valence-electron chi connectivity index (χ3n) is 13.4. The van der Waals surface area contributed by atoms with Crippen LogP contribution in [-0.4, -0.2) is 70.1 Å². The first kappa shape index (κ1) is 41.1. The number of rotatable bonds is 6. The predicted molar refractivity (Wildman–Crippen MR) is 237 cm³/mol. The number of aliphatic hydroxyl groups is 3. The summed E-state index contributed by atoms with van der Waals surface area (Å²) in [6, 6.07) is 19.7. The van der Waals surface area contributed by atoms with E-state index in [0.717, 1.165) is 48.2 Å². The second-order valence-electron chi connectivity index (χ2n) is 17.5. The molecule has 9 nitrogen and oxygen atoms in total. The van der Waals surface area contributed by atoms with Gasteiger partial charge in [-0.3, -0.25) is 9.79 Å². The van der Waals surface area contributed by atoms with Crippen molar-refractivity contribution in [1.29, 1.82) is 0 Å². The van der Waals surface area contributed by atoms with Gasteiger partial charge in [-0.1, -0.05) is 42.0 Å². The van der Waals surface area contributed by atoms with Crippen molar-refractivity contribution in [2.24, 2.45) is 45.7 Å². The van der Waals surface area contributed by atoms with E-state index in [1.165, 1.54) is 11.3 Å². The Hall–Kier alpha value is -4.62. The standard InChI is InChI=1S/C48H54N4O5S2/c1-4-6-34-11-14-42(58-34)43-15-16-44(59-43)45(56)38-13-10-31-23-48(38)24-36(37(25-48)41(55)26-53)30-9-12-35-32(20-39(31)52-46(49)50-3)19-33(54)21-40(35)51-27-47(2,57)22-29-8-5-7-28(17-29)18-30/h5,7-8,11,14-17,19,21,30-31,36-39,41,51,53-55,57H,10,13,18,20,22-27H2,1-3H3,(H3,49,50,52)/t30-,31+,36-,37+,38+,39-,41+,47-,48-/m0/s1. The third kappa shape index (κ3) is 8.55. The van der Waals surface area contributed by atoms with Crippen LogP contribution in [0.4, 0.5) is 5.69 Å². The highest BCUT2D eigenvalue weighted by molar-refractivity contribution is 7.23. The Morgan fingerprint density at radius 1 is 1.07 bits per heavy atom. The number of benzene rings is 2. The first-order chi connectivity index (χ1) is 28.4. The van der Waals surface area contributed by atoms with Crippen molar-refractivity contribution >= 4 is 40.1 Å². The third-order valence-corrected chi connectivity index (χ3v) is 15.7. The van der Waals surface area contributed by atoms with E-state index in [4.69, 9.17) is 5.73 Å². The molecular weight excluding hydrogens is 777 g/mol. The van der Waals surface area contributed by atoms with E-state index < -0.39 is 17.1 Å². The summed E-state index contributed by atoms with van der Waals surface area (Å²) >= 11 is 3.17. The number of guanidine groups is 1. The summed E-state index contributed by atoms with van der Waals surface area (Å²) in [5.74, 6) is 13.1. The van der Waals surface area contributed by atoms with Gasteiger partial charge < -0.3 is 36.8 Å². The minimum Gasteiger partial charge on any atom is -0.508 e. The summed E-state index contributed by atoms with van der Waals surface area (Å²) in [5.41, 5.74) is 9.16. The number of aromatic hydroxyl groups is 1. The molecular formula is C48H54N4O5S2. The fraction of sp³-hybridized carbons (Fsp3) is 0.458. The number of nitrogens with two attached hydrogens (primary N) is 1. The Balaban J connectivity index is 1.28. The molecule has 2 aromatic carbocycles. The molecule has 2 saturated carbocycles. The van der Waals surface area contributed by atoms with Crippen molar-refractivity contribution in [2.45, 2.75) is 83.0 Å². The smallest absolute Gasteiger partial charge is 0.188 e. The number of nitrogens with one attached hydrogen (secondary N) is 2. The molecule has 1 aliphatic heterocycles. The molecule has 308 valence electrons. The second-order valence-corrected chi connectivity index (χ2v) is 19.7. The predicted octanol–water partition coefficient (Wildman–Crippen LogP) is 6.61. The lowest BCUT2D eigenvalue weighted by molar-refractivity contribution is 0.0134. The molecule has 9 atom stereocenters. The highest BCUT2D eigenvalue weighted by Crippen LogP contribution is 2.61. The van der Waals surface area contributed by atoms with Crippen LogP contribution >= 0.6 is 22.7 Å². The van der Waals surface area contributed by atoms with Crippen LogP contribution in [0.5, 0.6) is 5.75 Å². The fourth-order valence-corrected chi connectivity index (χ4v) is 12.8. The maximum atomic E-state index is 15.1. The van der Waals surface area contributed by atoms with Gasteiger partial charge in [0.15, 0.2) is 11.7 Å². The van der Waals surface area contributed by atoms with Crippen LogP contribution in [0.25, 0.3) is 9.75 Å². The average molecular weight is 831 g/mol. The molecule has 3 heterocycles. The number of hydrogen-bond acceptors (Lipinski definition) is 9. The number of aliphatic hydroxyl groups excluding tert-OH is 2. The first-order valence-electron chi connectivity index (χ1n) is 20.7. The van der Waals surface area contributed by atoms with Crippen LogP contribution in [0, 0.1) is 58.7 Å². The lowest BCUT2D eigenvalue weighted by Gasteiger charge is -2.47. The first-order valence-corrected chi connectivity index (χ1v) is 22.4. The number of carbonyl (C=O) groups is 1. The van der Waals surface area contributed by atoms with Crippen LogP contribution in [0.3, 0.4) is 0 Å². The monoisotopic (exact) mass is 830 g/mol. The highest BCUT2D eigenvalue weighted by atomic mass is 32.1. The molecule has 0 amide bonds. The normalized spacial score (nSPS) is 29.4. The number of ketones is 1. The van der Waals surface area contributed by atoms with E-state index in [1.54, 1.807) is 30.5 Å². The van der Waals surface area contributed by atoms with E-state index in [2.05, 4.69) is 57.5 Å². The summed E-state index contributed by atoms with van der Waals surface area (Å²) in [7, 11) is 1.65. The molecule has 1 spiro atoms. The van der Waals surface area contributed by atoms with E-state index >= 15 is 4.79 Å². The maximum Gasteiger partial charge on any atom is 0.188 e. The largest absolute Gasteiger partial charge is 0.508 e. The van der Waals surface area contributed by atoms with Gasteiger partial charge in [0, 0.05) is 53.7 Å². The van der Waals surface area contributed by atoms with Gasteiger partial charge in [-0.15, -0.1) is 28.6 Å². The van der Waals surface area contributed by atoms with Crippen LogP contribution in [0.2, 0.25) is 0 Å². The summed E-state index contributed by atoms with van der Waals surface area (Å²) in [6.07, 6.45) is 3.90. The molecule has 11 heteroatoms. The van der Waals surface area contributed by atoms with E-state index in [9.17, 15) is 20.4 Å². The number of aliphatic imine (C=N–C) groups is 1. The molecule has 4 aliphatic rings. The van der Waals surface area contributed by atoms with Crippen molar-refractivity contribution in [3.63, 3.8) is 0 Å². The Bertz CT molecular complexity index is 2380. The number of anilines is 1. The quantitative estimate of drug-likeness (QED) is 0.0495. The van der Waals surface area contributed by atoms with Gasteiger partial charge in [-0.25, -0.2) is 0 Å². The molecule has 7 bridgehead atoms. The van der Waals surface area contributed by atoms with Gasteiger partial charge in [0.05, 0.1) is 39.3 Å². The van der Waals surface area contributed by atoms with E-state index in [0.29, 0.717) is 56.6 Å².